The van der Waals surface area contributed by atoms with Crippen molar-refractivity contribution >= 4 is 17.2 Å². The van der Waals surface area contributed by atoms with Gasteiger partial charge in [-0.3, -0.25) is 4.79 Å². The number of halogens is 3. The van der Waals surface area contributed by atoms with E-state index in [9.17, 15) is 18.0 Å². The van der Waals surface area contributed by atoms with Crippen molar-refractivity contribution in [2.45, 2.75) is 13.1 Å². The number of alkyl halides is 3. The van der Waals surface area contributed by atoms with Gasteiger partial charge in [-0.1, -0.05) is 6.07 Å². The van der Waals surface area contributed by atoms with E-state index >= 15 is 0 Å². The second kappa shape index (κ2) is 5.38. The van der Waals surface area contributed by atoms with E-state index in [4.69, 9.17) is 0 Å². The van der Waals surface area contributed by atoms with Crippen LogP contribution < -0.4 is 5.32 Å². The van der Waals surface area contributed by atoms with Gasteiger partial charge in [0.2, 0.25) is 0 Å². The average molecular weight is 320 g/mol. The molecule has 5 nitrogen and oxygen atoms in total. The van der Waals surface area contributed by atoms with Gasteiger partial charge < -0.3 is 5.32 Å². The summed E-state index contributed by atoms with van der Waals surface area (Å²) in [6.07, 6.45) is -3.03. The molecule has 0 atom stereocenters. The highest BCUT2D eigenvalue weighted by Crippen LogP contribution is 2.30. The molecule has 0 fully saturated rings. The largest absolute Gasteiger partial charge is 0.416 e. The molecule has 0 aliphatic carbocycles. The Morgan fingerprint density at radius 2 is 2.00 bits per heavy atom. The quantitative estimate of drug-likeness (QED) is 0.788. The topological polar surface area (TPSA) is 59.3 Å². The summed E-state index contributed by atoms with van der Waals surface area (Å²) in [5.74, 6) is -0.570. The van der Waals surface area contributed by atoms with Gasteiger partial charge in [-0.2, -0.15) is 18.3 Å². The standard InChI is InChI=1S/C15H11F3N4O/c1-9-7-13-19-6-5-12(22(13)21-9)14(23)20-11-4-2-3-10(8-11)15(16,17)18/h2-8H,1H3,(H,20,23). The molecule has 118 valence electrons. The van der Waals surface area contributed by atoms with Crippen LogP contribution >= 0.6 is 0 Å². The number of nitrogens with one attached hydrogen (secondary N) is 1. The fraction of sp³-hybridized carbons (Fsp3) is 0.133. The maximum atomic E-state index is 12.7. The van der Waals surface area contributed by atoms with E-state index in [0.29, 0.717) is 11.3 Å². The summed E-state index contributed by atoms with van der Waals surface area (Å²) in [6.45, 7) is 1.75. The Bertz CT molecular complexity index is 886. The van der Waals surface area contributed by atoms with Crippen LogP contribution in [0.2, 0.25) is 0 Å². The maximum Gasteiger partial charge on any atom is 0.416 e. The lowest BCUT2D eigenvalue weighted by Crippen LogP contribution is -2.17. The van der Waals surface area contributed by atoms with Gasteiger partial charge in [0.1, 0.15) is 5.69 Å². The summed E-state index contributed by atoms with van der Waals surface area (Å²) < 4.78 is 39.5. The molecule has 0 saturated carbocycles. The zero-order valence-electron chi connectivity index (χ0n) is 11.9. The first-order chi connectivity index (χ1) is 10.8. The first kappa shape index (κ1) is 15.0. The third kappa shape index (κ3) is 3.01. The molecular weight excluding hydrogens is 309 g/mol. The zero-order chi connectivity index (χ0) is 16.6. The van der Waals surface area contributed by atoms with Crippen molar-refractivity contribution in [3.05, 3.63) is 59.5 Å². The minimum absolute atomic E-state index is 0.0543. The number of rotatable bonds is 2. The van der Waals surface area contributed by atoms with Crippen LogP contribution in [0.3, 0.4) is 0 Å². The molecule has 8 heteroatoms. The summed E-state index contributed by atoms with van der Waals surface area (Å²) in [4.78, 5) is 16.4. The van der Waals surface area contributed by atoms with E-state index < -0.39 is 17.6 Å². The highest BCUT2D eigenvalue weighted by molar-refractivity contribution is 6.03. The first-order valence-electron chi connectivity index (χ1n) is 6.64. The molecule has 3 aromatic rings. The second-order valence-corrected chi connectivity index (χ2v) is 4.92. The number of hydrogen-bond acceptors (Lipinski definition) is 3. The Balaban J connectivity index is 1.92. The van der Waals surface area contributed by atoms with Gasteiger partial charge in [0.15, 0.2) is 5.65 Å². The van der Waals surface area contributed by atoms with Crippen LogP contribution in [0, 0.1) is 6.92 Å². The molecule has 1 amide bonds. The van der Waals surface area contributed by atoms with Gasteiger partial charge in [-0.15, -0.1) is 0 Å². The van der Waals surface area contributed by atoms with Crippen LogP contribution in [0.1, 0.15) is 21.7 Å². The van der Waals surface area contributed by atoms with Crippen LogP contribution in [0.25, 0.3) is 5.65 Å². The summed E-state index contributed by atoms with van der Waals surface area (Å²) in [5, 5.41) is 6.59. The van der Waals surface area contributed by atoms with Crippen LogP contribution in [0.5, 0.6) is 0 Å². The minimum atomic E-state index is -4.47. The first-order valence-corrected chi connectivity index (χ1v) is 6.64. The lowest BCUT2D eigenvalue weighted by atomic mass is 10.2. The summed E-state index contributed by atoms with van der Waals surface area (Å²) in [6, 6.07) is 7.59. The fourth-order valence-corrected chi connectivity index (χ4v) is 2.15. The molecule has 0 saturated heterocycles. The summed E-state index contributed by atoms with van der Waals surface area (Å²) in [5.41, 5.74) is 0.570. The molecule has 0 radical (unpaired) electrons. The molecule has 23 heavy (non-hydrogen) atoms. The zero-order valence-corrected chi connectivity index (χ0v) is 11.9. The lowest BCUT2D eigenvalue weighted by molar-refractivity contribution is -0.137. The number of carbonyl (C=O) groups excluding carboxylic acids is 1. The van der Waals surface area contributed by atoms with Crippen LogP contribution in [-0.4, -0.2) is 20.5 Å². The van der Waals surface area contributed by atoms with Crippen LogP contribution in [0.4, 0.5) is 18.9 Å². The van der Waals surface area contributed by atoms with Crippen LogP contribution in [0.15, 0.2) is 42.6 Å². The Hall–Kier alpha value is -2.90. The van der Waals surface area contributed by atoms with Crippen molar-refractivity contribution in [2.75, 3.05) is 5.32 Å². The van der Waals surface area contributed by atoms with E-state index in [1.54, 1.807) is 13.0 Å². The molecule has 0 aliphatic rings. The summed E-state index contributed by atoms with van der Waals surface area (Å²) in [7, 11) is 0. The third-order valence-corrected chi connectivity index (χ3v) is 3.16. The molecule has 0 bridgehead atoms. The van der Waals surface area contributed by atoms with Gasteiger partial charge in [-0.25, -0.2) is 9.50 Å². The SMILES string of the molecule is Cc1cc2nccc(C(=O)Nc3cccc(C(F)(F)F)c3)n2n1. The molecule has 0 aliphatic heterocycles. The Labute approximate surface area is 128 Å². The van der Waals surface area contributed by atoms with Crippen molar-refractivity contribution < 1.29 is 18.0 Å². The van der Waals surface area contributed by atoms with Gasteiger partial charge in [0.25, 0.3) is 5.91 Å². The Morgan fingerprint density at radius 3 is 2.74 bits per heavy atom. The van der Waals surface area contributed by atoms with E-state index in [1.165, 1.54) is 28.9 Å². The molecule has 2 heterocycles. The Morgan fingerprint density at radius 1 is 1.22 bits per heavy atom. The average Bonchev–Trinajstić information content (AvgIpc) is 2.86. The molecule has 1 aromatic carbocycles. The number of nitrogens with zero attached hydrogens (tertiary/aromatic N) is 3. The number of amides is 1. The van der Waals surface area contributed by atoms with Gasteiger partial charge in [-0.05, 0) is 31.2 Å². The third-order valence-electron chi connectivity index (χ3n) is 3.16. The number of carbonyl (C=O) groups is 1. The molecule has 3 rings (SSSR count). The maximum absolute atomic E-state index is 12.7. The van der Waals surface area contributed by atoms with E-state index in [-0.39, 0.29) is 11.4 Å². The predicted octanol–water partition coefficient (Wildman–Crippen LogP) is 3.31. The molecule has 0 spiro atoms. The fourth-order valence-electron chi connectivity index (χ4n) is 2.15. The van der Waals surface area contributed by atoms with Crippen molar-refractivity contribution in [2.24, 2.45) is 0 Å². The Kier molecular flexibility index (Phi) is 3.51. The number of hydrogen-bond donors (Lipinski definition) is 1. The number of aromatic nitrogens is 3. The number of anilines is 1. The van der Waals surface area contributed by atoms with E-state index in [1.807, 2.05) is 0 Å². The summed E-state index contributed by atoms with van der Waals surface area (Å²) >= 11 is 0. The minimum Gasteiger partial charge on any atom is -0.321 e. The molecule has 1 N–H and O–H groups in total. The highest BCUT2D eigenvalue weighted by atomic mass is 19.4. The second-order valence-electron chi connectivity index (χ2n) is 4.92. The van der Waals surface area contributed by atoms with Crippen LogP contribution in [-0.2, 0) is 6.18 Å². The number of benzene rings is 1. The van der Waals surface area contributed by atoms with Gasteiger partial charge in [0, 0.05) is 18.0 Å². The number of aryl methyl sites for hydroxylation is 1. The highest BCUT2D eigenvalue weighted by Gasteiger charge is 2.30. The van der Waals surface area contributed by atoms with Crippen molar-refractivity contribution in [3.8, 4) is 0 Å². The van der Waals surface area contributed by atoms with Crippen molar-refractivity contribution in [1.82, 2.24) is 14.6 Å². The normalized spacial score (nSPS) is 11.7. The van der Waals surface area contributed by atoms with E-state index in [0.717, 1.165) is 12.1 Å². The lowest BCUT2D eigenvalue weighted by Gasteiger charge is -2.10. The van der Waals surface area contributed by atoms with E-state index in [2.05, 4.69) is 15.4 Å². The van der Waals surface area contributed by atoms with Gasteiger partial charge in [0.05, 0.1) is 11.3 Å². The predicted molar refractivity (Wildman–Crippen MR) is 77.1 cm³/mol. The number of fused-ring (bicyclic) bond motifs is 1. The molecule has 0 unspecified atom stereocenters. The smallest absolute Gasteiger partial charge is 0.321 e. The van der Waals surface area contributed by atoms with Gasteiger partial charge >= 0.3 is 6.18 Å². The van der Waals surface area contributed by atoms with Crippen molar-refractivity contribution in [3.63, 3.8) is 0 Å². The van der Waals surface area contributed by atoms with Crippen molar-refractivity contribution in [1.29, 1.82) is 0 Å². The molecular formula is C15H11F3N4O. The monoisotopic (exact) mass is 320 g/mol. The molecule has 2 aromatic heterocycles.